The Morgan fingerprint density at radius 3 is 2.06 bits per heavy atom. The Bertz CT molecular complexity index is 888. The fourth-order valence-electron chi connectivity index (χ4n) is 3.70. The molecule has 204 valence electrons. The van der Waals surface area contributed by atoms with E-state index in [1.165, 1.54) is 11.0 Å². The molecule has 0 saturated carbocycles. The molecule has 0 bridgehead atoms. The number of carbonyl (C=O) groups is 3. The highest BCUT2D eigenvalue weighted by molar-refractivity contribution is 5.93. The molecule has 0 aromatic heterocycles. The van der Waals surface area contributed by atoms with Gasteiger partial charge in [-0.25, -0.2) is 4.79 Å². The molecule has 4 N–H and O–H groups in total. The number of rotatable bonds is 10. The van der Waals surface area contributed by atoms with E-state index in [1.54, 1.807) is 39.0 Å². The van der Waals surface area contributed by atoms with Gasteiger partial charge in [-0.3, -0.25) is 9.59 Å². The summed E-state index contributed by atoms with van der Waals surface area (Å²) in [6, 6.07) is 3.35. The summed E-state index contributed by atoms with van der Waals surface area (Å²) >= 11 is 0. The number of alkyl carbamates (subject to hydrolysis) is 1. The fraction of sp³-hybridized carbons (Fsp3) is 0.667. The molecule has 3 amide bonds. The standard InChI is InChI=1S/C27H45N3O6/c1-17(2)14-15-18(3)30(24(34)20(16-31)28-25(35)36-27(7,8)9)22(23(33)29-26(4,5)6)19-12-10-11-13-21(19)32/h10-13,17-18,20,22,31-32H,14-16H2,1-9H3,(H,28,35)(H,29,33). The van der Waals surface area contributed by atoms with E-state index < -0.39 is 53.8 Å². The molecule has 0 aliphatic rings. The molecule has 0 radical (unpaired) electrons. The number of phenols is 1. The first-order valence-electron chi connectivity index (χ1n) is 12.5. The summed E-state index contributed by atoms with van der Waals surface area (Å²) in [4.78, 5) is 41.3. The quantitative estimate of drug-likeness (QED) is 0.380. The minimum Gasteiger partial charge on any atom is -0.508 e. The van der Waals surface area contributed by atoms with Crippen LogP contribution in [0.1, 0.15) is 86.8 Å². The maximum absolute atomic E-state index is 13.9. The molecule has 1 rings (SSSR count). The molecule has 9 heteroatoms. The predicted octanol–water partition coefficient (Wildman–Crippen LogP) is 3.89. The van der Waals surface area contributed by atoms with Crippen molar-refractivity contribution in [1.82, 2.24) is 15.5 Å². The van der Waals surface area contributed by atoms with Crippen molar-refractivity contribution < 1.29 is 29.3 Å². The van der Waals surface area contributed by atoms with Crippen molar-refractivity contribution in [3.05, 3.63) is 29.8 Å². The molecule has 0 spiro atoms. The fourth-order valence-corrected chi connectivity index (χ4v) is 3.70. The number of carbonyl (C=O) groups excluding carboxylic acids is 3. The molecule has 9 nitrogen and oxygen atoms in total. The number of nitrogens with zero attached hydrogens (tertiary/aromatic N) is 1. The van der Waals surface area contributed by atoms with Gasteiger partial charge in [-0.05, 0) is 73.3 Å². The number of ether oxygens (including phenoxy) is 1. The van der Waals surface area contributed by atoms with Crippen LogP contribution in [-0.4, -0.2) is 62.9 Å². The van der Waals surface area contributed by atoms with Crippen molar-refractivity contribution >= 4 is 17.9 Å². The number of nitrogens with one attached hydrogen (secondary N) is 2. The van der Waals surface area contributed by atoms with Crippen LogP contribution in [0.3, 0.4) is 0 Å². The third-order valence-corrected chi connectivity index (χ3v) is 5.32. The van der Waals surface area contributed by atoms with E-state index in [0.29, 0.717) is 12.3 Å². The molecule has 36 heavy (non-hydrogen) atoms. The number of aliphatic hydroxyl groups excluding tert-OH is 1. The summed E-state index contributed by atoms with van der Waals surface area (Å²) in [5.74, 6) is -0.925. The summed E-state index contributed by atoms with van der Waals surface area (Å²) in [5.41, 5.74) is -1.17. The first-order chi connectivity index (χ1) is 16.5. The lowest BCUT2D eigenvalue weighted by Crippen LogP contribution is -2.57. The number of phenolic OH excluding ortho intramolecular Hbond substituents is 1. The van der Waals surface area contributed by atoms with Crippen LogP contribution in [0.4, 0.5) is 4.79 Å². The van der Waals surface area contributed by atoms with Crippen LogP contribution in [0.15, 0.2) is 24.3 Å². The van der Waals surface area contributed by atoms with Gasteiger partial charge in [-0.2, -0.15) is 0 Å². The molecule has 0 aliphatic carbocycles. The molecule has 0 aliphatic heterocycles. The Hall–Kier alpha value is -2.81. The molecule has 3 unspecified atom stereocenters. The maximum Gasteiger partial charge on any atom is 0.408 e. The normalized spacial score (nSPS) is 14.5. The molecule has 0 heterocycles. The number of hydrogen-bond donors (Lipinski definition) is 4. The van der Waals surface area contributed by atoms with Gasteiger partial charge in [0.2, 0.25) is 11.8 Å². The van der Waals surface area contributed by atoms with Crippen LogP contribution in [0.25, 0.3) is 0 Å². The van der Waals surface area contributed by atoms with Crippen LogP contribution in [0, 0.1) is 5.92 Å². The smallest absolute Gasteiger partial charge is 0.408 e. The van der Waals surface area contributed by atoms with Gasteiger partial charge in [0.1, 0.15) is 23.4 Å². The monoisotopic (exact) mass is 507 g/mol. The first-order valence-corrected chi connectivity index (χ1v) is 12.5. The Kier molecular flexibility index (Phi) is 11.2. The lowest BCUT2D eigenvalue weighted by atomic mass is 9.96. The van der Waals surface area contributed by atoms with Crippen molar-refractivity contribution in [3.8, 4) is 5.75 Å². The van der Waals surface area contributed by atoms with Gasteiger partial charge in [-0.15, -0.1) is 0 Å². The molecule has 0 fully saturated rings. The molecule has 1 aromatic carbocycles. The summed E-state index contributed by atoms with van der Waals surface area (Å²) in [5, 5.41) is 26.1. The number of aromatic hydroxyl groups is 1. The lowest BCUT2D eigenvalue weighted by Gasteiger charge is -2.39. The molecule has 1 aromatic rings. The minimum absolute atomic E-state index is 0.138. The third-order valence-electron chi connectivity index (χ3n) is 5.32. The number of benzene rings is 1. The predicted molar refractivity (Wildman–Crippen MR) is 139 cm³/mol. The second-order valence-electron chi connectivity index (χ2n) is 11.6. The highest BCUT2D eigenvalue weighted by Crippen LogP contribution is 2.33. The summed E-state index contributed by atoms with van der Waals surface area (Å²) in [7, 11) is 0. The average molecular weight is 508 g/mol. The summed E-state index contributed by atoms with van der Waals surface area (Å²) in [6.07, 6.45) is 0.492. The van der Waals surface area contributed by atoms with E-state index in [2.05, 4.69) is 24.5 Å². The first kappa shape index (κ1) is 31.2. The lowest BCUT2D eigenvalue weighted by molar-refractivity contribution is -0.146. The van der Waals surface area contributed by atoms with Gasteiger partial charge in [0.05, 0.1) is 6.61 Å². The molecule has 3 atom stereocenters. The Morgan fingerprint density at radius 2 is 1.58 bits per heavy atom. The van der Waals surface area contributed by atoms with Crippen molar-refractivity contribution in [2.45, 2.75) is 104 Å². The van der Waals surface area contributed by atoms with Crippen LogP contribution >= 0.6 is 0 Å². The van der Waals surface area contributed by atoms with E-state index in [4.69, 9.17) is 4.74 Å². The van der Waals surface area contributed by atoms with E-state index in [-0.39, 0.29) is 11.3 Å². The Morgan fingerprint density at radius 1 is 1.00 bits per heavy atom. The van der Waals surface area contributed by atoms with Crippen LogP contribution in [0.2, 0.25) is 0 Å². The number of hydrogen-bond acceptors (Lipinski definition) is 6. The summed E-state index contributed by atoms with van der Waals surface area (Å²) in [6.45, 7) is 15.8. The molecular formula is C27H45N3O6. The van der Waals surface area contributed by atoms with Crippen LogP contribution < -0.4 is 10.6 Å². The zero-order valence-electron chi connectivity index (χ0n) is 23.2. The zero-order chi connectivity index (χ0) is 27.8. The van der Waals surface area contributed by atoms with Gasteiger partial charge in [0.15, 0.2) is 0 Å². The second-order valence-corrected chi connectivity index (χ2v) is 11.6. The van der Waals surface area contributed by atoms with E-state index in [0.717, 1.165) is 6.42 Å². The second kappa shape index (κ2) is 12.9. The average Bonchev–Trinajstić information content (AvgIpc) is 2.71. The zero-order valence-corrected chi connectivity index (χ0v) is 23.2. The number of aliphatic hydroxyl groups is 1. The Balaban J connectivity index is 3.57. The van der Waals surface area contributed by atoms with Gasteiger partial charge < -0.3 is 30.5 Å². The van der Waals surface area contributed by atoms with Crippen molar-refractivity contribution in [2.75, 3.05) is 6.61 Å². The minimum atomic E-state index is -1.35. The molecular weight excluding hydrogens is 462 g/mol. The van der Waals surface area contributed by atoms with Crippen molar-refractivity contribution in [3.63, 3.8) is 0 Å². The topological polar surface area (TPSA) is 128 Å². The van der Waals surface area contributed by atoms with Crippen LogP contribution in [0.5, 0.6) is 5.75 Å². The van der Waals surface area contributed by atoms with E-state index >= 15 is 0 Å². The van der Waals surface area contributed by atoms with E-state index in [9.17, 15) is 24.6 Å². The SMILES string of the molecule is CC(C)CCC(C)N(C(=O)C(CO)NC(=O)OC(C)(C)C)C(C(=O)NC(C)(C)C)c1ccccc1O. The largest absolute Gasteiger partial charge is 0.508 e. The third kappa shape index (κ3) is 10.0. The highest BCUT2D eigenvalue weighted by atomic mass is 16.6. The molecule has 0 saturated heterocycles. The summed E-state index contributed by atoms with van der Waals surface area (Å²) < 4.78 is 5.27. The highest BCUT2D eigenvalue weighted by Gasteiger charge is 2.40. The van der Waals surface area contributed by atoms with Crippen LogP contribution in [-0.2, 0) is 14.3 Å². The van der Waals surface area contributed by atoms with Crippen molar-refractivity contribution in [1.29, 1.82) is 0 Å². The maximum atomic E-state index is 13.9. The van der Waals surface area contributed by atoms with Gasteiger partial charge in [-0.1, -0.05) is 32.0 Å². The van der Waals surface area contributed by atoms with Gasteiger partial charge in [0.25, 0.3) is 0 Å². The van der Waals surface area contributed by atoms with Crippen molar-refractivity contribution in [2.24, 2.45) is 5.92 Å². The van der Waals surface area contributed by atoms with Gasteiger partial charge in [0, 0.05) is 17.1 Å². The number of para-hydroxylation sites is 1. The number of amides is 3. The Labute approximate surface area is 215 Å². The van der Waals surface area contributed by atoms with E-state index in [1.807, 2.05) is 27.7 Å². The van der Waals surface area contributed by atoms with Gasteiger partial charge >= 0.3 is 6.09 Å².